The fourth-order valence-electron chi connectivity index (χ4n) is 5.68. The molecular formula is C37H48N2O. The number of likely N-dealkylation sites (tertiary alicyclic amines) is 1. The first-order chi connectivity index (χ1) is 19.3. The maximum absolute atomic E-state index is 14.2. The van der Waals surface area contributed by atoms with E-state index >= 15 is 0 Å². The van der Waals surface area contributed by atoms with E-state index in [1.807, 2.05) is 12.1 Å². The molecule has 0 unspecified atom stereocenters. The van der Waals surface area contributed by atoms with Crippen LogP contribution in [0, 0.1) is 0 Å². The van der Waals surface area contributed by atoms with Crippen LogP contribution in [0.25, 0.3) is 6.08 Å². The van der Waals surface area contributed by atoms with Crippen LogP contribution in [0.4, 0.5) is 0 Å². The Hall–Kier alpha value is -3.17. The van der Waals surface area contributed by atoms with E-state index in [-0.39, 0.29) is 17.4 Å². The molecule has 1 saturated heterocycles. The Morgan fingerprint density at radius 1 is 0.875 bits per heavy atom. The molecule has 0 bridgehead atoms. The molecule has 0 spiro atoms. The highest BCUT2D eigenvalue weighted by atomic mass is 16.2. The van der Waals surface area contributed by atoms with Crippen molar-refractivity contribution in [1.29, 1.82) is 0 Å². The summed E-state index contributed by atoms with van der Waals surface area (Å²) in [6, 6.07) is 29.9. The second-order valence-electron chi connectivity index (χ2n) is 12.4. The van der Waals surface area contributed by atoms with E-state index in [2.05, 4.69) is 116 Å². The molecule has 3 heteroatoms. The van der Waals surface area contributed by atoms with Gasteiger partial charge in [-0.1, -0.05) is 125 Å². The van der Waals surface area contributed by atoms with E-state index in [1.165, 1.54) is 35.1 Å². The average molecular weight is 537 g/mol. The Kier molecular flexibility index (Phi) is 10.8. The molecule has 3 aromatic carbocycles. The predicted molar refractivity (Wildman–Crippen MR) is 169 cm³/mol. The fourth-order valence-corrected chi connectivity index (χ4v) is 5.68. The van der Waals surface area contributed by atoms with Gasteiger partial charge in [0.2, 0.25) is 0 Å². The smallest absolute Gasteiger partial charge is 0.254 e. The topological polar surface area (TPSA) is 23.6 Å². The molecule has 0 atom stereocenters. The number of hydrogen-bond donors (Lipinski definition) is 0. The molecule has 0 radical (unpaired) electrons. The number of unbranched alkanes of at least 4 members (excludes halogenated alkanes) is 2. The van der Waals surface area contributed by atoms with Crippen molar-refractivity contribution >= 4 is 12.0 Å². The minimum absolute atomic E-state index is 0.0672. The number of nitrogens with zero attached hydrogens (tertiary/aromatic N) is 2. The molecule has 0 aromatic heterocycles. The minimum Gasteiger partial charge on any atom is -0.332 e. The number of amides is 1. The number of carbonyl (C=O) groups excluding carboxylic acids is 1. The second-order valence-corrected chi connectivity index (χ2v) is 12.4. The van der Waals surface area contributed by atoms with Crippen molar-refractivity contribution in [3.8, 4) is 0 Å². The van der Waals surface area contributed by atoms with Crippen LogP contribution in [0.2, 0.25) is 0 Å². The zero-order valence-corrected chi connectivity index (χ0v) is 25.1. The summed E-state index contributed by atoms with van der Waals surface area (Å²) < 4.78 is 0. The van der Waals surface area contributed by atoms with Gasteiger partial charge < -0.3 is 4.90 Å². The highest BCUT2D eigenvalue weighted by Gasteiger charge is 2.29. The SMILES string of the molecule is CCCCC/C(=C\c1ccccc1)CN(C(=O)c1ccc(C(C)(C)C)cc1)C1CCN(Cc2ccccc2)CC1. The summed E-state index contributed by atoms with van der Waals surface area (Å²) >= 11 is 0. The number of carbonyl (C=O) groups is 1. The van der Waals surface area contributed by atoms with Crippen molar-refractivity contribution in [2.75, 3.05) is 19.6 Å². The molecule has 4 rings (SSSR count). The van der Waals surface area contributed by atoms with E-state index in [4.69, 9.17) is 0 Å². The van der Waals surface area contributed by atoms with Crippen LogP contribution in [0.3, 0.4) is 0 Å². The first kappa shape index (κ1) is 29.8. The third-order valence-corrected chi connectivity index (χ3v) is 8.15. The van der Waals surface area contributed by atoms with Gasteiger partial charge in [-0.15, -0.1) is 0 Å². The Bertz CT molecular complexity index is 1200. The van der Waals surface area contributed by atoms with Gasteiger partial charge in [-0.25, -0.2) is 0 Å². The molecule has 1 amide bonds. The third kappa shape index (κ3) is 8.66. The normalized spacial score (nSPS) is 15.2. The van der Waals surface area contributed by atoms with Crippen molar-refractivity contribution in [3.05, 3.63) is 113 Å². The Labute approximate surface area is 242 Å². The maximum atomic E-state index is 14.2. The molecule has 1 aliphatic rings. The molecule has 1 fully saturated rings. The van der Waals surface area contributed by atoms with E-state index in [0.29, 0.717) is 6.54 Å². The van der Waals surface area contributed by atoms with Gasteiger partial charge in [0.1, 0.15) is 0 Å². The third-order valence-electron chi connectivity index (χ3n) is 8.15. The molecule has 1 aliphatic heterocycles. The maximum Gasteiger partial charge on any atom is 0.254 e. The summed E-state index contributed by atoms with van der Waals surface area (Å²) in [5, 5.41) is 0. The number of benzene rings is 3. The van der Waals surface area contributed by atoms with Crippen LogP contribution >= 0.6 is 0 Å². The van der Waals surface area contributed by atoms with E-state index < -0.39 is 0 Å². The highest BCUT2D eigenvalue weighted by molar-refractivity contribution is 5.94. The molecule has 0 N–H and O–H groups in total. The minimum atomic E-state index is 0.0672. The van der Waals surface area contributed by atoms with Crippen LogP contribution in [-0.4, -0.2) is 41.4 Å². The van der Waals surface area contributed by atoms with Crippen LogP contribution < -0.4 is 0 Å². The van der Waals surface area contributed by atoms with E-state index in [0.717, 1.165) is 50.9 Å². The van der Waals surface area contributed by atoms with Crippen molar-refractivity contribution in [2.45, 2.75) is 84.2 Å². The quantitative estimate of drug-likeness (QED) is 0.229. The summed E-state index contributed by atoms with van der Waals surface area (Å²) in [4.78, 5) is 18.9. The lowest BCUT2D eigenvalue weighted by atomic mass is 9.86. The Morgan fingerprint density at radius 2 is 1.50 bits per heavy atom. The Morgan fingerprint density at radius 3 is 2.10 bits per heavy atom. The molecule has 0 saturated carbocycles. The second kappa shape index (κ2) is 14.5. The molecule has 3 nitrogen and oxygen atoms in total. The van der Waals surface area contributed by atoms with E-state index in [1.54, 1.807) is 0 Å². The zero-order chi connectivity index (χ0) is 28.4. The highest BCUT2D eigenvalue weighted by Crippen LogP contribution is 2.26. The van der Waals surface area contributed by atoms with Gasteiger partial charge in [0.05, 0.1) is 0 Å². The van der Waals surface area contributed by atoms with E-state index in [9.17, 15) is 4.79 Å². The van der Waals surface area contributed by atoms with Crippen molar-refractivity contribution in [3.63, 3.8) is 0 Å². The number of hydrogen-bond acceptors (Lipinski definition) is 2. The lowest BCUT2D eigenvalue weighted by Crippen LogP contribution is -2.48. The monoisotopic (exact) mass is 536 g/mol. The summed E-state index contributed by atoms with van der Waals surface area (Å²) in [7, 11) is 0. The Balaban J connectivity index is 1.56. The van der Waals surface area contributed by atoms with Crippen LogP contribution in [-0.2, 0) is 12.0 Å². The van der Waals surface area contributed by atoms with Crippen LogP contribution in [0.5, 0.6) is 0 Å². The summed E-state index contributed by atoms with van der Waals surface area (Å²) in [6.07, 6.45) is 8.93. The molecule has 0 aliphatic carbocycles. The largest absolute Gasteiger partial charge is 0.332 e. The summed E-state index contributed by atoms with van der Waals surface area (Å²) in [5.74, 6) is 0.163. The summed E-state index contributed by atoms with van der Waals surface area (Å²) in [6.45, 7) is 12.6. The first-order valence-electron chi connectivity index (χ1n) is 15.3. The first-order valence-corrected chi connectivity index (χ1v) is 15.3. The molecule has 1 heterocycles. The standard InChI is InChI=1S/C37H48N2O/c1-5-6-9-18-32(27-30-14-10-7-11-15-30)29-39(36(40)33-19-21-34(22-20-33)37(2,3)4)35-23-25-38(26-24-35)28-31-16-12-8-13-17-31/h7-8,10-17,19-22,27,35H,5-6,9,18,23-26,28-29H2,1-4H3/b32-27+. The van der Waals surface area contributed by atoms with Gasteiger partial charge >= 0.3 is 0 Å². The fraction of sp³-hybridized carbons (Fsp3) is 0.432. The van der Waals surface area contributed by atoms with Crippen LogP contribution in [0.15, 0.2) is 90.5 Å². The predicted octanol–water partition coefficient (Wildman–Crippen LogP) is 8.75. The number of rotatable bonds is 11. The van der Waals surface area contributed by atoms with Crippen molar-refractivity contribution in [2.24, 2.45) is 0 Å². The molecular weight excluding hydrogens is 488 g/mol. The van der Waals surface area contributed by atoms with Gasteiger partial charge in [-0.3, -0.25) is 9.69 Å². The van der Waals surface area contributed by atoms with Gasteiger partial charge in [0.15, 0.2) is 0 Å². The molecule has 3 aromatic rings. The molecule has 40 heavy (non-hydrogen) atoms. The number of piperidine rings is 1. The zero-order valence-electron chi connectivity index (χ0n) is 25.1. The average Bonchev–Trinajstić information content (AvgIpc) is 2.97. The van der Waals surface area contributed by atoms with Crippen molar-refractivity contribution < 1.29 is 4.79 Å². The van der Waals surface area contributed by atoms with Gasteiger partial charge in [-0.2, -0.15) is 0 Å². The molecule has 212 valence electrons. The van der Waals surface area contributed by atoms with Gasteiger partial charge in [0, 0.05) is 37.8 Å². The van der Waals surface area contributed by atoms with Gasteiger partial charge in [-0.05, 0) is 59.9 Å². The van der Waals surface area contributed by atoms with Crippen LogP contribution in [0.1, 0.15) is 93.3 Å². The summed E-state index contributed by atoms with van der Waals surface area (Å²) in [5.41, 5.74) is 6.05. The lowest BCUT2D eigenvalue weighted by molar-refractivity contribution is 0.0589. The van der Waals surface area contributed by atoms with Gasteiger partial charge in [0.25, 0.3) is 5.91 Å². The lowest BCUT2D eigenvalue weighted by Gasteiger charge is -2.39. The van der Waals surface area contributed by atoms with Crippen molar-refractivity contribution in [1.82, 2.24) is 9.80 Å².